The lowest BCUT2D eigenvalue weighted by atomic mass is 9.65. The summed E-state index contributed by atoms with van der Waals surface area (Å²) in [6.45, 7) is 5.37. The summed E-state index contributed by atoms with van der Waals surface area (Å²) in [6.07, 6.45) is 19.8. The van der Waals surface area contributed by atoms with Gasteiger partial charge in [-0.1, -0.05) is 64.9 Å². The normalized spacial score (nSPS) is 29.0. The van der Waals surface area contributed by atoms with Gasteiger partial charge in [0.25, 0.3) is 0 Å². The first-order chi connectivity index (χ1) is 16.6. The maximum absolute atomic E-state index is 15.3. The Morgan fingerprint density at radius 1 is 0.824 bits per heavy atom. The van der Waals surface area contributed by atoms with Crippen LogP contribution in [0.1, 0.15) is 133 Å². The summed E-state index contributed by atoms with van der Waals surface area (Å²) in [7, 11) is 0. The molecule has 192 valence electrons. The van der Waals surface area contributed by atoms with Gasteiger partial charge >= 0.3 is 0 Å². The van der Waals surface area contributed by atoms with Crippen LogP contribution in [0.4, 0.5) is 8.78 Å². The highest BCUT2D eigenvalue weighted by Crippen LogP contribution is 2.48. The van der Waals surface area contributed by atoms with Crippen molar-refractivity contribution in [3.8, 4) is 0 Å². The molecule has 3 heteroatoms. The quantitative estimate of drug-likeness (QED) is 0.290. The van der Waals surface area contributed by atoms with E-state index in [0.29, 0.717) is 35.0 Å². The number of hydrogen-bond donors (Lipinski definition) is 0. The largest absolute Gasteiger partial charge is 0.378 e. The summed E-state index contributed by atoms with van der Waals surface area (Å²) in [4.78, 5) is 0. The van der Waals surface area contributed by atoms with Crippen molar-refractivity contribution < 1.29 is 13.5 Å². The first kappa shape index (κ1) is 26.1. The van der Waals surface area contributed by atoms with Crippen molar-refractivity contribution in [2.24, 2.45) is 17.8 Å². The Labute approximate surface area is 207 Å². The second-order valence-electron chi connectivity index (χ2n) is 11.7. The van der Waals surface area contributed by atoms with E-state index in [0.717, 1.165) is 63.5 Å². The second-order valence-corrected chi connectivity index (χ2v) is 11.7. The summed E-state index contributed by atoms with van der Waals surface area (Å²) in [6, 6.07) is 2.08. The van der Waals surface area contributed by atoms with E-state index in [1.54, 1.807) is 0 Å². The maximum atomic E-state index is 15.3. The maximum Gasteiger partial charge on any atom is 0.162 e. The van der Waals surface area contributed by atoms with Crippen LogP contribution in [0.15, 0.2) is 6.07 Å². The molecule has 5 atom stereocenters. The van der Waals surface area contributed by atoms with Gasteiger partial charge in [-0.25, -0.2) is 8.78 Å². The number of aryl methyl sites for hydroxylation is 1. The Morgan fingerprint density at radius 2 is 1.59 bits per heavy atom. The molecule has 2 saturated carbocycles. The molecule has 1 aromatic carbocycles. The molecule has 4 rings (SSSR count). The van der Waals surface area contributed by atoms with Crippen molar-refractivity contribution in [1.29, 1.82) is 0 Å². The number of halogens is 2. The van der Waals surface area contributed by atoms with Gasteiger partial charge in [0.1, 0.15) is 0 Å². The monoisotopic (exact) mass is 474 g/mol. The van der Waals surface area contributed by atoms with Crippen LogP contribution in [-0.2, 0) is 17.6 Å². The van der Waals surface area contributed by atoms with Gasteiger partial charge in [0.15, 0.2) is 11.6 Å². The molecule has 0 saturated heterocycles. The summed E-state index contributed by atoms with van der Waals surface area (Å²) < 4.78 is 36.8. The zero-order valence-corrected chi connectivity index (χ0v) is 21.9. The average molecular weight is 475 g/mol. The standard InChI is InChI=1S/C31H48F2O/c1-3-5-7-9-17-34-27-16-15-23-19-25(14-13-24(23)20-27)29-21-26-12-11-22(10-8-6-4-2)18-28(26)30(32)31(29)33/h21-25,27H,3-20H2,1-2H3. The molecule has 3 aliphatic carbocycles. The number of ether oxygens (including phenoxy) is 1. The van der Waals surface area contributed by atoms with Crippen LogP contribution in [0.25, 0.3) is 0 Å². The van der Waals surface area contributed by atoms with Gasteiger partial charge < -0.3 is 4.74 Å². The Morgan fingerprint density at radius 3 is 2.41 bits per heavy atom. The van der Waals surface area contributed by atoms with Gasteiger partial charge in [0, 0.05) is 6.61 Å². The lowest BCUT2D eigenvalue weighted by Crippen LogP contribution is -2.34. The Bertz CT molecular complexity index is 775. The van der Waals surface area contributed by atoms with Gasteiger partial charge in [-0.2, -0.15) is 0 Å². The van der Waals surface area contributed by atoms with Crippen LogP contribution in [-0.4, -0.2) is 12.7 Å². The number of unbranched alkanes of at least 4 members (excludes halogenated alkanes) is 5. The van der Waals surface area contributed by atoms with Crippen molar-refractivity contribution in [1.82, 2.24) is 0 Å². The minimum absolute atomic E-state index is 0.190. The lowest BCUT2D eigenvalue weighted by molar-refractivity contribution is -0.0164. The topological polar surface area (TPSA) is 9.23 Å². The molecular formula is C31H48F2O. The van der Waals surface area contributed by atoms with E-state index in [1.165, 1.54) is 57.8 Å². The van der Waals surface area contributed by atoms with Crippen LogP contribution in [0.3, 0.4) is 0 Å². The molecule has 0 heterocycles. The molecule has 1 nitrogen and oxygen atoms in total. The first-order valence-electron chi connectivity index (χ1n) is 14.7. The van der Waals surface area contributed by atoms with E-state index >= 15 is 8.78 Å². The summed E-state index contributed by atoms with van der Waals surface area (Å²) in [5.74, 6) is 1.03. The zero-order chi connectivity index (χ0) is 23.9. The van der Waals surface area contributed by atoms with Crippen molar-refractivity contribution in [2.45, 2.75) is 135 Å². The van der Waals surface area contributed by atoms with Crippen LogP contribution in [0.5, 0.6) is 0 Å². The van der Waals surface area contributed by atoms with Crippen LogP contribution < -0.4 is 0 Å². The van der Waals surface area contributed by atoms with Crippen LogP contribution >= 0.6 is 0 Å². The molecule has 34 heavy (non-hydrogen) atoms. The Balaban J connectivity index is 1.33. The molecule has 1 aromatic rings. The first-order valence-corrected chi connectivity index (χ1v) is 14.7. The van der Waals surface area contributed by atoms with Crippen molar-refractivity contribution in [3.05, 3.63) is 34.4 Å². The van der Waals surface area contributed by atoms with Crippen molar-refractivity contribution in [3.63, 3.8) is 0 Å². The molecule has 2 fully saturated rings. The third-order valence-corrected chi connectivity index (χ3v) is 9.32. The Kier molecular flexibility index (Phi) is 9.86. The highest BCUT2D eigenvalue weighted by Gasteiger charge is 2.38. The van der Waals surface area contributed by atoms with Gasteiger partial charge in [0.2, 0.25) is 0 Å². The average Bonchev–Trinajstić information content (AvgIpc) is 2.86. The molecule has 0 N–H and O–H groups in total. The minimum Gasteiger partial charge on any atom is -0.378 e. The zero-order valence-electron chi connectivity index (χ0n) is 21.9. The molecule has 5 unspecified atom stereocenters. The van der Waals surface area contributed by atoms with Gasteiger partial charge in [-0.15, -0.1) is 0 Å². The predicted octanol–water partition coefficient (Wildman–Crippen LogP) is 9.30. The molecule has 3 aliphatic rings. The fourth-order valence-electron chi connectivity index (χ4n) is 7.22. The lowest BCUT2D eigenvalue weighted by Gasteiger charge is -2.42. The predicted molar refractivity (Wildman–Crippen MR) is 137 cm³/mol. The molecular weight excluding hydrogens is 426 g/mol. The van der Waals surface area contributed by atoms with E-state index in [4.69, 9.17) is 4.74 Å². The van der Waals surface area contributed by atoms with Crippen molar-refractivity contribution >= 4 is 0 Å². The summed E-state index contributed by atoms with van der Waals surface area (Å²) >= 11 is 0. The molecule has 0 spiro atoms. The van der Waals surface area contributed by atoms with E-state index < -0.39 is 11.6 Å². The van der Waals surface area contributed by atoms with Gasteiger partial charge in [-0.05, 0) is 105 Å². The number of benzene rings is 1. The third kappa shape index (κ3) is 6.42. The number of hydrogen-bond acceptors (Lipinski definition) is 1. The second kappa shape index (κ2) is 12.8. The highest BCUT2D eigenvalue weighted by atomic mass is 19.2. The van der Waals surface area contributed by atoms with Gasteiger partial charge in [0.05, 0.1) is 6.10 Å². The van der Waals surface area contributed by atoms with Crippen molar-refractivity contribution in [2.75, 3.05) is 6.61 Å². The SMILES string of the molecule is CCCCCCOC1CCC2CC(c3cc4c(c(F)c3F)CC(CCCCC)CC4)CCC2C1. The van der Waals surface area contributed by atoms with Crippen LogP contribution in [0.2, 0.25) is 0 Å². The van der Waals surface area contributed by atoms with E-state index in [2.05, 4.69) is 19.9 Å². The fourth-order valence-corrected chi connectivity index (χ4v) is 7.22. The summed E-state index contributed by atoms with van der Waals surface area (Å²) in [5, 5.41) is 0. The minimum atomic E-state index is -0.527. The Hall–Kier alpha value is -0.960. The smallest absolute Gasteiger partial charge is 0.162 e. The fraction of sp³-hybridized carbons (Fsp3) is 0.806. The van der Waals surface area contributed by atoms with Crippen LogP contribution in [0, 0.1) is 29.4 Å². The highest BCUT2D eigenvalue weighted by molar-refractivity contribution is 5.38. The van der Waals surface area contributed by atoms with E-state index in [9.17, 15) is 0 Å². The number of rotatable bonds is 11. The van der Waals surface area contributed by atoms with Gasteiger partial charge in [-0.3, -0.25) is 0 Å². The molecule has 0 aliphatic heterocycles. The molecule has 0 radical (unpaired) electrons. The molecule has 0 bridgehead atoms. The van der Waals surface area contributed by atoms with E-state index in [1.807, 2.05) is 0 Å². The number of fused-ring (bicyclic) bond motifs is 2. The summed E-state index contributed by atoms with van der Waals surface area (Å²) in [5.41, 5.74) is 2.48. The molecule has 0 aromatic heterocycles. The van der Waals surface area contributed by atoms with E-state index in [-0.39, 0.29) is 5.92 Å². The molecule has 0 amide bonds. The third-order valence-electron chi connectivity index (χ3n) is 9.32.